The van der Waals surface area contributed by atoms with E-state index in [0.29, 0.717) is 36.1 Å². The van der Waals surface area contributed by atoms with Crippen molar-refractivity contribution in [3.63, 3.8) is 0 Å². The van der Waals surface area contributed by atoms with Gasteiger partial charge in [-0.15, -0.1) is 0 Å². The normalized spacial score (nSPS) is 16.0. The minimum absolute atomic E-state index is 0.247. The molecule has 0 spiro atoms. The molecule has 114 valence electrons. The molecule has 4 rings (SSSR count). The largest absolute Gasteiger partial charge is 0.486 e. The van der Waals surface area contributed by atoms with Crippen LogP contribution in [0.1, 0.15) is 34.7 Å². The van der Waals surface area contributed by atoms with Gasteiger partial charge in [-0.2, -0.15) is 0 Å². The molecule has 1 aliphatic carbocycles. The molecule has 1 N–H and O–H groups in total. The van der Waals surface area contributed by atoms with Crippen molar-refractivity contribution < 1.29 is 18.8 Å². The number of rotatable bonds is 2. The number of hydrogen-bond acceptors (Lipinski definition) is 5. The number of carbonyl (C=O) groups excluding carboxylic acids is 1. The molecule has 1 aliphatic heterocycles. The molecule has 22 heavy (non-hydrogen) atoms. The van der Waals surface area contributed by atoms with Gasteiger partial charge in [0.15, 0.2) is 17.2 Å². The molecular formula is C16H16N2O4. The maximum absolute atomic E-state index is 12.4. The van der Waals surface area contributed by atoms with Crippen molar-refractivity contribution in [3.05, 3.63) is 35.2 Å². The van der Waals surface area contributed by atoms with Crippen molar-refractivity contribution in [3.8, 4) is 11.5 Å². The van der Waals surface area contributed by atoms with Gasteiger partial charge in [0.05, 0.1) is 0 Å². The number of aryl methyl sites for hydroxylation is 1. The highest BCUT2D eigenvalue weighted by Crippen LogP contribution is 2.33. The summed E-state index contributed by atoms with van der Waals surface area (Å²) < 4.78 is 16.3. The van der Waals surface area contributed by atoms with E-state index in [1.54, 1.807) is 18.2 Å². The summed E-state index contributed by atoms with van der Waals surface area (Å²) in [6, 6.07) is 5.35. The third kappa shape index (κ3) is 2.30. The first-order valence-electron chi connectivity index (χ1n) is 7.50. The Bertz CT molecular complexity index is 723. The van der Waals surface area contributed by atoms with Crippen molar-refractivity contribution >= 4 is 11.6 Å². The highest BCUT2D eigenvalue weighted by molar-refractivity contribution is 6.04. The van der Waals surface area contributed by atoms with Crippen LogP contribution in [-0.2, 0) is 12.8 Å². The molecule has 0 fully saturated rings. The molecule has 0 saturated carbocycles. The van der Waals surface area contributed by atoms with Crippen LogP contribution in [0.5, 0.6) is 11.5 Å². The Balaban J connectivity index is 1.56. The lowest BCUT2D eigenvalue weighted by Gasteiger charge is -2.19. The van der Waals surface area contributed by atoms with Gasteiger partial charge in [0, 0.05) is 23.7 Å². The quantitative estimate of drug-likeness (QED) is 0.922. The van der Waals surface area contributed by atoms with Gasteiger partial charge in [0.25, 0.3) is 5.91 Å². The molecule has 1 aromatic heterocycles. The first-order valence-corrected chi connectivity index (χ1v) is 7.50. The van der Waals surface area contributed by atoms with Crippen molar-refractivity contribution in [2.75, 3.05) is 18.5 Å². The molecule has 0 radical (unpaired) electrons. The van der Waals surface area contributed by atoms with Gasteiger partial charge in [-0.05, 0) is 31.4 Å². The fourth-order valence-electron chi connectivity index (χ4n) is 2.87. The minimum Gasteiger partial charge on any atom is -0.486 e. The zero-order valence-corrected chi connectivity index (χ0v) is 12.1. The van der Waals surface area contributed by atoms with Crippen LogP contribution in [0.3, 0.4) is 0 Å². The third-order valence-corrected chi connectivity index (χ3v) is 3.97. The molecule has 2 aliphatic rings. The Labute approximate surface area is 127 Å². The molecule has 2 heterocycles. The Morgan fingerprint density at radius 3 is 2.82 bits per heavy atom. The van der Waals surface area contributed by atoms with Crippen molar-refractivity contribution in [2.45, 2.75) is 25.7 Å². The van der Waals surface area contributed by atoms with E-state index >= 15 is 0 Å². The number of nitrogens with one attached hydrogen (secondary N) is 1. The van der Waals surface area contributed by atoms with E-state index in [1.807, 2.05) is 0 Å². The van der Waals surface area contributed by atoms with Gasteiger partial charge in [-0.3, -0.25) is 4.79 Å². The number of anilines is 1. The molecule has 1 aromatic carbocycles. The maximum atomic E-state index is 12.4. The van der Waals surface area contributed by atoms with E-state index in [0.717, 1.165) is 37.0 Å². The highest BCUT2D eigenvalue weighted by atomic mass is 16.6. The molecule has 0 unspecified atom stereocenters. The van der Waals surface area contributed by atoms with Crippen LogP contribution in [-0.4, -0.2) is 24.3 Å². The minimum atomic E-state index is -0.247. The molecule has 0 atom stereocenters. The first-order chi connectivity index (χ1) is 10.8. The smallest absolute Gasteiger partial charge is 0.278 e. The molecule has 0 saturated heterocycles. The monoisotopic (exact) mass is 300 g/mol. The summed E-state index contributed by atoms with van der Waals surface area (Å²) in [6.07, 6.45) is 3.87. The number of amides is 1. The van der Waals surface area contributed by atoms with Crippen LogP contribution < -0.4 is 14.8 Å². The molecule has 2 aromatic rings. The summed E-state index contributed by atoms with van der Waals surface area (Å²) in [5, 5.41) is 6.79. The third-order valence-electron chi connectivity index (χ3n) is 3.97. The first kappa shape index (κ1) is 13.2. The molecule has 0 bridgehead atoms. The van der Waals surface area contributed by atoms with E-state index in [9.17, 15) is 4.79 Å². The van der Waals surface area contributed by atoms with Crippen LogP contribution in [0.4, 0.5) is 5.69 Å². The summed E-state index contributed by atoms with van der Waals surface area (Å²) in [5.41, 5.74) is 1.99. The van der Waals surface area contributed by atoms with Gasteiger partial charge in [-0.25, -0.2) is 0 Å². The summed E-state index contributed by atoms with van der Waals surface area (Å²) in [5.74, 6) is 1.94. The Hall–Kier alpha value is -2.50. The average Bonchev–Trinajstić information content (AvgIpc) is 2.99. The number of ether oxygens (including phenoxy) is 2. The van der Waals surface area contributed by atoms with Gasteiger partial charge < -0.3 is 19.3 Å². The number of carbonyl (C=O) groups is 1. The summed E-state index contributed by atoms with van der Waals surface area (Å²) in [7, 11) is 0. The fraction of sp³-hybridized carbons (Fsp3) is 0.375. The average molecular weight is 300 g/mol. The van der Waals surface area contributed by atoms with E-state index in [2.05, 4.69) is 10.5 Å². The lowest BCUT2D eigenvalue weighted by molar-refractivity contribution is 0.101. The number of aromatic nitrogens is 1. The van der Waals surface area contributed by atoms with E-state index in [1.165, 1.54) is 0 Å². The number of fused-ring (bicyclic) bond motifs is 2. The van der Waals surface area contributed by atoms with Crippen LogP contribution in [0.15, 0.2) is 22.7 Å². The van der Waals surface area contributed by atoms with Crippen molar-refractivity contribution in [1.29, 1.82) is 0 Å². The predicted octanol–water partition coefficient (Wildman–Crippen LogP) is 2.58. The lowest BCUT2D eigenvalue weighted by atomic mass is 9.96. The SMILES string of the molecule is O=C(Nc1ccc2c(c1)OCCO2)c1noc2c1CCCC2. The predicted molar refractivity (Wildman–Crippen MR) is 78.5 cm³/mol. The lowest BCUT2D eigenvalue weighted by Crippen LogP contribution is -2.17. The molecule has 1 amide bonds. The van der Waals surface area contributed by atoms with Crippen molar-refractivity contribution in [1.82, 2.24) is 5.16 Å². The molecular weight excluding hydrogens is 284 g/mol. The van der Waals surface area contributed by atoms with Crippen LogP contribution >= 0.6 is 0 Å². The Morgan fingerprint density at radius 2 is 1.91 bits per heavy atom. The Morgan fingerprint density at radius 1 is 1.09 bits per heavy atom. The summed E-state index contributed by atoms with van der Waals surface area (Å²) >= 11 is 0. The van der Waals surface area contributed by atoms with E-state index in [4.69, 9.17) is 14.0 Å². The summed E-state index contributed by atoms with van der Waals surface area (Å²) in [6.45, 7) is 1.06. The second kappa shape index (κ2) is 5.36. The number of nitrogens with zero attached hydrogens (tertiary/aromatic N) is 1. The zero-order chi connectivity index (χ0) is 14.9. The zero-order valence-electron chi connectivity index (χ0n) is 12.1. The van der Waals surface area contributed by atoms with Crippen LogP contribution in [0.25, 0.3) is 0 Å². The van der Waals surface area contributed by atoms with Crippen LogP contribution in [0, 0.1) is 0 Å². The fourth-order valence-corrected chi connectivity index (χ4v) is 2.87. The Kier molecular flexibility index (Phi) is 3.21. The van der Waals surface area contributed by atoms with Gasteiger partial charge in [0.1, 0.15) is 19.0 Å². The topological polar surface area (TPSA) is 73.6 Å². The van der Waals surface area contributed by atoms with Gasteiger partial charge in [0.2, 0.25) is 0 Å². The number of hydrogen-bond donors (Lipinski definition) is 1. The highest BCUT2D eigenvalue weighted by Gasteiger charge is 2.24. The second-order valence-corrected chi connectivity index (χ2v) is 5.45. The standard InChI is InChI=1S/C16H16N2O4/c19-16(15-11-3-1-2-4-12(11)22-18-15)17-10-5-6-13-14(9-10)21-8-7-20-13/h5-6,9H,1-4,7-8H2,(H,17,19). The van der Waals surface area contributed by atoms with Gasteiger partial charge >= 0.3 is 0 Å². The maximum Gasteiger partial charge on any atom is 0.278 e. The molecule has 6 heteroatoms. The molecule has 6 nitrogen and oxygen atoms in total. The van der Waals surface area contributed by atoms with E-state index in [-0.39, 0.29) is 5.91 Å². The summed E-state index contributed by atoms with van der Waals surface area (Å²) in [4.78, 5) is 12.4. The van der Waals surface area contributed by atoms with E-state index < -0.39 is 0 Å². The number of benzene rings is 1. The second-order valence-electron chi connectivity index (χ2n) is 5.45. The van der Waals surface area contributed by atoms with Crippen LogP contribution in [0.2, 0.25) is 0 Å². The van der Waals surface area contributed by atoms with Gasteiger partial charge in [-0.1, -0.05) is 5.16 Å². The van der Waals surface area contributed by atoms with Crippen molar-refractivity contribution in [2.24, 2.45) is 0 Å².